The first-order chi connectivity index (χ1) is 8.77. The van der Waals surface area contributed by atoms with Crippen LogP contribution in [0.1, 0.15) is 30.9 Å². The number of rotatable bonds is 5. The van der Waals surface area contributed by atoms with E-state index in [0.29, 0.717) is 13.2 Å². The molecule has 1 aromatic rings. The predicted molar refractivity (Wildman–Crippen MR) is 70.0 cm³/mol. The van der Waals surface area contributed by atoms with Crippen molar-refractivity contribution >= 4 is 5.91 Å². The van der Waals surface area contributed by atoms with Gasteiger partial charge in [-0.05, 0) is 24.8 Å². The van der Waals surface area contributed by atoms with E-state index in [1.54, 1.807) is 0 Å². The van der Waals surface area contributed by atoms with E-state index < -0.39 is 0 Å². The smallest absolute Gasteiger partial charge is 0.249 e. The van der Waals surface area contributed by atoms with Gasteiger partial charge in [0.25, 0.3) is 0 Å². The molecule has 0 radical (unpaired) electrons. The van der Waals surface area contributed by atoms with Gasteiger partial charge in [0.1, 0.15) is 6.10 Å². The van der Waals surface area contributed by atoms with Gasteiger partial charge in [0.2, 0.25) is 5.91 Å². The minimum Gasteiger partial charge on any atom is -0.368 e. The summed E-state index contributed by atoms with van der Waals surface area (Å²) >= 11 is 0. The van der Waals surface area contributed by atoms with Crippen LogP contribution in [0.5, 0.6) is 0 Å². The van der Waals surface area contributed by atoms with E-state index in [1.165, 1.54) is 0 Å². The fraction of sp³-hybridized carbons (Fsp3) is 0.500. The SMILES string of the molecule is NC(CCNC(=O)[C@@H]1CCCO1)c1ccccc1. The quantitative estimate of drug-likeness (QED) is 0.827. The van der Waals surface area contributed by atoms with Gasteiger partial charge in [0.15, 0.2) is 0 Å². The van der Waals surface area contributed by atoms with Crippen LogP contribution in [0.4, 0.5) is 0 Å². The van der Waals surface area contributed by atoms with Crippen LogP contribution in [0, 0.1) is 0 Å². The second-order valence-corrected chi connectivity index (χ2v) is 4.60. The van der Waals surface area contributed by atoms with Crippen molar-refractivity contribution in [3.63, 3.8) is 0 Å². The molecule has 0 spiro atoms. The molecule has 1 amide bonds. The summed E-state index contributed by atoms with van der Waals surface area (Å²) in [6.45, 7) is 1.29. The van der Waals surface area contributed by atoms with E-state index in [1.807, 2.05) is 30.3 Å². The minimum absolute atomic E-state index is 0.00670. The van der Waals surface area contributed by atoms with E-state index in [0.717, 1.165) is 24.8 Å². The zero-order chi connectivity index (χ0) is 12.8. The first-order valence-corrected chi connectivity index (χ1v) is 6.47. The number of ether oxygens (including phenoxy) is 1. The summed E-state index contributed by atoms with van der Waals surface area (Å²) in [6, 6.07) is 9.89. The van der Waals surface area contributed by atoms with Crippen LogP contribution >= 0.6 is 0 Å². The fourth-order valence-corrected chi connectivity index (χ4v) is 2.12. The number of benzene rings is 1. The van der Waals surface area contributed by atoms with Crippen LogP contribution in [0.15, 0.2) is 30.3 Å². The highest BCUT2D eigenvalue weighted by Gasteiger charge is 2.23. The monoisotopic (exact) mass is 248 g/mol. The van der Waals surface area contributed by atoms with Crippen molar-refractivity contribution in [2.45, 2.75) is 31.4 Å². The van der Waals surface area contributed by atoms with Crippen molar-refractivity contribution in [1.82, 2.24) is 5.32 Å². The van der Waals surface area contributed by atoms with Gasteiger partial charge in [0.05, 0.1) is 0 Å². The average Bonchev–Trinajstić information content (AvgIpc) is 2.93. The summed E-state index contributed by atoms with van der Waals surface area (Å²) in [7, 11) is 0. The van der Waals surface area contributed by atoms with Gasteiger partial charge in [0, 0.05) is 19.2 Å². The molecular formula is C14H20N2O2. The Balaban J connectivity index is 1.70. The topological polar surface area (TPSA) is 64.3 Å². The summed E-state index contributed by atoms with van der Waals surface area (Å²) < 4.78 is 5.31. The number of carbonyl (C=O) groups is 1. The van der Waals surface area contributed by atoms with Crippen molar-refractivity contribution < 1.29 is 9.53 Å². The van der Waals surface area contributed by atoms with E-state index in [9.17, 15) is 4.79 Å². The molecule has 1 aliphatic rings. The van der Waals surface area contributed by atoms with Crippen LogP contribution < -0.4 is 11.1 Å². The highest BCUT2D eigenvalue weighted by atomic mass is 16.5. The highest BCUT2D eigenvalue weighted by molar-refractivity contribution is 5.80. The van der Waals surface area contributed by atoms with Gasteiger partial charge in [-0.3, -0.25) is 4.79 Å². The van der Waals surface area contributed by atoms with Gasteiger partial charge in [-0.2, -0.15) is 0 Å². The van der Waals surface area contributed by atoms with Crippen LogP contribution in [0.3, 0.4) is 0 Å². The van der Waals surface area contributed by atoms with E-state index >= 15 is 0 Å². The first kappa shape index (κ1) is 13.1. The highest BCUT2D eigenvalue weighted by Crippen LogP contribution is 2.14. The molecule has 1 unspecified atom stereocenters. The normalized spacial score (nSPS) is 20.6. The lowest BCUT2D eigenvalue weighted by Gasteiger charge is -2.14. The summed E-state index contributed by atoms with van der Waals surface area (Å²) in [5, 5.41) is 2.88. The number of hydrogen-bond donors (Lipinski definition) is 2. The summed E-state index contributed by atoms with van der Waals surface area (Å²) in [4.78, 5) is 11.7. The third-order valence-electron chi connectivity index (χ3n) is 3.20. The second kappa shape index (κ2) is 6.52. The molecule has 4 heteroatoms. The number of nitrogens with one attached hydrogen (secondary N) is 1. The van der Waals surface area contributed by atoms with E-state index in [-0.39, 0.29) is 18.1 Å². The maximum atomic E-state index is 11.7. The Kier molecular flexibility index (Phi) is 4.73. The molecule has 0 aromatic heterocycles. The molecule has 18 heavy (non-hydrogen) atoms. The van der Waals surface area contributed by atoms with Gasteiger partial charge in [-0.25, -0.2) is 0 Å². The van der Waals surface area contributed by atoms with E-state index in [4.69, 9.17) is 10.5 Å². The molecule has 1 fully saturated rings. The third-order valence-corrected chi connectivity index (χ3v) is 3.20. The zero-order valence-corrected chi connectivity index (χ0v) is 10.5. The number of hydrogen-bond acceptors (Lipinski definition) is 3. The minimum atomic E-state index is -0.252. The largest absolute Gasteiger partial charge is 0.368 e. The molecule has 3 N–H and O–H groups in total. The Morgan fingerprint density at radius 3 is 2.89 bits per heavy atom. The molecular weight excluding hydrogens is 228 g/mol. The Morgan fingerprint density at radius 2 is 2.22 bits per heavy atom. The molecule has 0 aliphatic carbocycles. The average molecular weight is 248 g/mol. The van der Waals surface area contributed by atoms with Gasteiger partial charge in [-0.1, -0.05) is 30.3 Å². The lowest BCUT2D eigenvalue weighted by atomic mass is 10.1. The third kappa shape index (κ3) is 3.55. The van der Waals surface area contributed by atoms with Crippen LogP contribution in [0.25, 0.3) is 0 Å². The molecule has 1 aliphatic heterocycles. The standard InChI is InChI=1S/C14H20N2O2/c15-12(11-5-2-1-3-6-11)8-9-16-14(17)13-7-4-10-18-13/h1-3,5-6,12-13H,4,7-10,15H2,(H,16,17)/t12?,13-/m0/s1. The van der Waals surface area contributed by atoms with Crippen molar-refractivity contribution in [2.24, 2.45) is 5.73 Å². The van der Waals surface area contributed by atoms with E-state index in [2.05, 4.69) is 5.32 Å². The zero-order valence-electron chi connectivity index (χ0n) is 10.5. The summed E-state index contributed by atoms with van der Waals surface area (Å²) in [5.74, 6) is -0.00670. The molecule has 1 heterocycles. The molecule has 98 valence electrons. The fourth-order valence-electron chi connectivity index (χ4n) is 2.12. The second-order valence-electron chi connectivity index (χ2n) is 4.60. The lowest BCUT2D eigenvalue weighted by Crippen LogP contribution is -2.35. The molecule has 4 nitrogen and oxygen atoms in total. The predicted octanol–water partition coefficient (Wildman–Crippen LogP) is 1.37. The van der Waals surface area contributed by atoms with Gasteiger partial charge >= 0.3 is 0 Å². The Labute approximate surface area is 108 Å². The van der Waals surface area contributed by atoms with Crippen molar-refractivity contribution in [3.05, 3.63) is 35.9 Å². The molecule has 1 saturated heterocycles. The van der Waals surface area contributed by atoms with Crippen LogP contribution in [-0.2, 0) is 9.53 Å². The van der Waals surface area contributed by atoms with Crippen molar-refractivity contribution in [1.29, 1.82) is 0 Å². The number of nitrogens with two attached hydrogens (primary N) is 1. The molecule has 2 rings (SSSR count). The maximum Gasteiger partial charge on any atom is 0.249 e. The molecule has 0 bridgehead atoms. The van der Waals surface area contributed by atoms with Gasteiger partial charge in [-0.15, -0.1) is 0 Å². The number of amides is 1. The Morgan fingerprint density at radius 1 is 1.44 bits per heavy atom. The van der Waals surface area contributed by atoms with Crippen LogP contribution in [0.2, 0.25) is 0 Å². The molecule has 2 atom stereocenters. The summed E-state index contributed by atoms with van der Waals surface area (Å²) in [6.07, 6.45) is 2.29. The van der Waals surface area contributed by atoms with Crippen molar-refractivity contribution in [2.75, 3.05) is 13.2 Å². The van der Waals surface area contributed by atoms with Crippen LogP contribution in [-0.4, -0.2) is 25.2 Å². The summed E-state index contributed by atoms with van der Waals surface area (Å²) in [5.41, 5.74) is 7.15. The lowest BCUT2D eigenvalue weighted by molar-refractivity contribution is -0.130. The molecule has 1 aromatic carbocycles. The number of carbonyl (C=O) groups excluding carboxylic acids is 1. The molecule has 0 saturated carbocycles. The first-order valence-electron chi connectivity index (χ1n) is 6.47. The Bertz CT molecular complexity index is 375. The maximum absolute atomic E-state index is 11.7. The van der Waals surface area contributed by atoms with Gasteiger partial charge < -0.3 is 15.8 Å². The van der Waals surface area contributed by atoms with Crippen molar-refractivity contribution in [3.8, 4) is 0 Å². The Hall–Kier alpha value is -1.39.